The number of phosphoric acid groups is 1. The second kappa shape index (κ2) is 10.9. The van der Waals surface area contributed by atoms with Gasteiger partial charge in [-0.3, -0.25) is 9.05 Å². The average Bonchev–Trinajstić information content (AvgIpc) is 2.30. The van der Waals surface area contributed by atoms with Gasteiger partial charge in [-0.15, -0.1) is 0 Å². The number of hydrogen-bond acceptors (Lipinski definition) is 7. The molecular formula is C10H24NO6P. The van der Waals surface area contributed by atoms with Gasteiger partial charge in [0.2, 0.25) is 0 Å². The molecule has 0 saturated carbocycles. The van der Waals surface area contributed by atoms with Gasteiger partial charge in [-0.25, -0.2) is 9.09 Å². The number of hydrogen-bond donors (Lipinski definition) is 1. The Morgan fingerprint density at radius 1 is 1.06 bits per heavy atom. The van der Waals surface area contributed by atoms with E-state index in [9.17, 15) is 4.57 Å². The molecule has 7 nitrogen and oxygen atoms in total. The summed E-state index contributed by atoms with van der Waals surface area (Å²) in [5.41, 5.74) is 5.33. The van der Waals surface area contributed by atoms with E-state index in [0.29, 0.717) is 26.2 Å². The fraction of sp³-hybridized carbons (Fsp3) is 1.00. The van der Waals surface area contributed by atoms with E-state index in [1.54, 1.807) is 20.8 Å². The summed E-state index contributed by atoms with van der Waals surface area (Å²) in [6, 6.07) is 0. The van der Waals surface area contributed by atoms with Gasteiger partial charge in [0, 0.05) is 13.2 Å². The molecule has 110 valence electrons. The van der Waals surface area contributed by atoms with E-state index in [0.717, 1.165) is 0 Å². The minimum atomic E-state index is -3.67. The lowest BCUT2D eigenvalue weighted by atomic mass is 10.5. The molecule has 0 aliphatic rings. The van der Waals surface area contributed by atoms with Crippen molar-refractivity contribution < 1.29 is 27.6 Å². The van der Waals surface area contributed by atoms with E-state index in [4.69, 9.17) is 28.8 Å². The molecule has 0 amide bonds. The Balaban J connectivity index is 4.39. The molecule has 8 heteroatoms. The smallest absolute Gasteiger partial charge is 0.330 e. The summed E-state index contributed by atoms with van der Waals surface area (Å²) in [7, 11) is -3.67. The van der Waals surface area contributed by atoms with E-state index in [1.165, 1.54) is 0 Å². The van der Waals surface area contributed by atoms with Crippen LogP contribution < -0.4 is 5.73 Å². The highest BCUT2D eigenvalue weighted by Crippen LogP contribution is 2.50. The molecule has 0 heterocycles. The second-order valence-corrected chi connectivity index (χ2v) is 4.77. The average molecular weight is 285 g/mol. The Morgan fingerprint density at radius 2 is 1.67 bits per heavy atom. The van der Waals surface area contributed by atoms with Crippen LogP contribution in [0.4, 0.5) is 0 Å². The Labute approximate surface area is 108 Å². The van der Waals surface area contributed by atoms with Gasteiger partial charge in [0.1, 0.15) is 0 Å². The minimum Gasteiger partial charge on any atom is -0.330 e. The highest BCUT2D eigenvalue weighted by molar-refractivity contribution is 7.48. The molecule has 0 aliphatic heterocycles. The highest BCUT2D eigenvalue weighted by Gasteiger charge is 2.31. The molecule has 0 aromatic rings. The summed E-state index contributed by atoms with van der Waals surface area (Å²) < 4.78 is 37.7. The standard InChI is InChI=1S/C10H24NO6P/c1-4-13-10(14-5-2)17-18(12,15-6-3)16-9-7-8-11/h10H,4-9,11H2,1-3H3. The molecular weight excluding hydrogens is 261 g/mol. The van der Waals surface area contributed by atoms with Gasteiger partial charge in [-0.05, 0) is 33.7 Å². The van der Waals surface area contributed by atoms with Crippen molar-refractivity contribution in [1.82, 2.24) is 0 Å². The van der Waals surface area contributed by atoms with Crippen LogP contribution in [0.15, 0.2) is 0 Å². The predicted molar refractivity (Wildman–Crippen MR) is 67.0 cm³/mol. The molecule has 2 N–H and O–H groups in total. The fourth-order valence-electron chi connectivity index (χ4n) is 1.00. The SMILES string of the molecule is CCOC(OCC)OP(=O)(OCC)OCCCN. The maximum Gasteiger partial charge on any atom is 0.478 e. The fourth-order valence-corrected chi connectivity index (χ4v) is 2.20. The molecule has 0 rings (SSSR count). The maximum absolute atomic E-state index is 12.2. The van der Waals surface area contributed by atoms with Gasteiger partial charge in [0.05, 0.1) is 13.2 Å². The largest absolute Gasteiger partial charge is 0.478 e. The number of ether oxygens (including phenoxy) is 2. The van der Waals surface area contributed by atoms with Gasteiger partial charge in [0.15, 0.2) is 0 Å². The van der Waals surface area contributed by atoms with Crippen LogP contribution in [0, 0.1) is 0 Å². The first-order valence-electron chi connectivity index (χ1n) is 6.12. The molecule has 1 atom stereocenters. The molecule has 0 aromatic heterocycles. The van der Waals surface area contributed by atoms with Crippen LogP contribution in [-0.2, 0) is 27.6 Å². The lowest BCUT2D eigenvalue weighted by Gasteiger charge is -2.22. The summed E-state index contributed by atoms with van der Waals surface area (Å²) in [5, 5.41) is 0. The van der Waals surface area contributed by atoms with Crippen LogP contribution in [0.1, 0.15) is 27.2 Å². The van der Waals surface area contributed by atoms with Crippen LogP contribution in [0.2, 0.25) is 0 Å². The molecule has 0 fully saturated rings. The van der Waals surface area contributed by atoms with Crippen molar-refractivity contribution in [2.45, 2.75) is 33.7 Å². The predicted octanol–water partition coefficient (Wildman–Crippen LogP) is 1.87. The quantitative estimate of drug-likeness (QED) is 0.332. The first kappa shape index (κ1) is 18.0. The third kappa shape index (κ3) is 8.16. The van der Waals surface area contributed by atoms with Crippen LogP contribution in [-0.4, -0.2) is 39.4 Å². The summed E-state index contributed by atoms with van der Waals surface area (Å²) in [5.74, 6) is 0. The zero-order chi connectivity index (χ0) is 13.9. The summed E-state index contributed by atoms with van der Waals surface area (Å²) in [6.45, 7) is 5.73. The molecule has 0 saturated heterocycles. The second-order valence-electron chi connectivity index (χ2n) is 3.15. The van der Waals surface area contributed by atoms with E-state index in [1.807, 2.05) is 0 Å². The summed E-state index contributed by atoms with van der Waals surface area (Å²) >= 11 is 0. The van der Waals surface area contributed by atoms with Crippen molar-refractivity contribution in [2.24, 2.45) is 5.73 Å². The third-order valence-corrected chi connectivity index (χ3v) is 3.21. The topological polar surface area (TPSA) is 89.2 Å². The van der Waals surface area contributed by atoms with Gasteiger partial charge in [-0.2, -0.15) is 0 Å². The molecule has 0 aliphatic carbocycles. The van der Waals surface area contributed by atoms with Crippen molar-refractivity contribution in [1.29, 1.82) is 0 Å². The van der Waals surface area contributed by atoms with Crippen molar-refractivity contribution in [3.8, 4) is 0 Å². The first-order valence-corrected chi connectivity index (χ1v) is 7.58. The van der Waals surface area contributed by atoms with Crippen LogP contribution in [0.5, 0.6) is 0 Å². The third-order valence-electron chi connectivity index (χ3n) is 1.71. The molecule has 0 spiro atoms. The Morgan fingerprint density at radius 3 is 2.11 bits per heavy atom. The number of phosphoric ester groups is 1. The normalized spacial score (nSPS) is 14.9. The minimum absolute atomic E-state index is 0.193. The van der Waals surface area contributed by atoms with E-state index in [-0.39, 0.29) is 13.2 Å². The summed E-state index contributed by atoms with van der Waals surface area (Å²) in [4.78, 5) is 0. The number of rotatable bonds is 12. The van der Waals surface area contributed by atoms with Crippen LogP contribution in [0.25, 0.3) is 0 Å². The number of nitrogens with two attached hydrogens (primary N) is 1. The molecule has 0 bridgehead atoms. The van der Waals surface area contributed by atoms with E-state index >= 15 is 0 Å². The van der Waals surface area contributed by atoms with E-state index < -0.39 is 14.3 Å². The Kier molecular flexibility index (Phi) is 10.9. The summed E-state index contributed by atoms with van der Waals surface area (Å²) in [6.07, 6.45) is 0.564. The van der Waals surface area contributed by atoms with Gasteiger partial charge < -0.3 is 15.2 Å². The van der Waals surface area contributed by atoms with Crippen LogP contribution in [0.3, 0.4) is 0 Å². The van der Waals surface area contributed by atoms with Crippen molar-refractivity contribution in [3.63, 3.8) is 0 Å². The first-order chi connectivity index (χ1) is 8.61. The molecule has 1 unspecified atom stereocenters. The van der Waals surface area contributed by atoms with E-state index in [2.05, 4.69) is 0 Å². The van der Waals surface area contributed by atoms with Gasteiger partial charge >= 0.3 is 7.82 Å². The Hall–Kier alpha value is -0.0100. The van der Waals surface area contributed by atoms with Crippen molar-refractivity contribution >= 4 is 7.82 Å². The maximum atomic E-state index is 12.2. The molecule has 0 aromatic carbocycles. The molecule has 18 heavy (non-hydrogen) atoms. The zero-order valence-electron chi connectivity index (χ0n) is 11.3. The lowest BCUT2D eigenvalue weighted by molar-refractivity contribution is -0.250. The highest BCUT2D eigenvalue weighted by atomic mass is 31.2. The monoisotopic (exact) mass is 285 g/mol. The van der Waals surface area contributed by atoms with Crippen molar-refractivity contribution in [2.75, 3.05) is 33.0 Å². The lowest BCUT2D eigenvalue weighted by Crippen LogP contribution is -2.21. The zero-order valence-corrected chi connectivity index (χ0v) is 12.2. The molecule has 0 radical (unpaired) electrons. The Bertz CT molecular complexity index is 234. The van der Waals surface area contributed by atoms with Crippen molar-refractivity contribution in [3.05, 3.63) is 0 Å². The van der Waals surface area contributed by atoms with Gasteiger partial charge in [-0.1, -0.05) is 0 Å². The van der Waals surface area contributed by atoms with Crippen LogP contribution >= 0.6 is 7.82 Å². The van der Waals surface area contributed by atoms with Gasteiger partial charge in [0.25, 0.3) is 6.48 Å².